The van der Waals surface area contributed by atoms with Crippen molar-refractivity contribution in [2.75, 3.05) is 5.32 Å². The molecular formula is C15H10Cl3N5O. The number of nitrogens with one attached hydrogen (secondary N) is 1. The molecule has 0 radical (unpaired) electrons. The lowest BCUT2D eigenvalue weighted by Crippen LogP contribution is -2.20. The maximum absolute atomic E-state index is 12.1. The van der Waals surface area contributed by atoms with Gasteiger partial charge in [-0.2, -0.15) is 4.80 Å². The number of nitrogens with zero attached hydrogens (tertiary/aromatic N) is 4. The highest BCUT2D eigenvalue weighted by atomic mass is 35.5. The van der Waals surface area contributed by atoms with Crippen LogP contribution in [0.1, 0.15) is 0 Å². The van der Waals surface area contributed by atoms with Crippen molar-refractivity contribution in [3.8, 4) is 11.4 Å². The van der Waals surface area contributed by atoms with E-state index in [4.69, 9.17) is 34.8 Å². The van der Waals surface area contributed by atoms with Crippen molar-refractivity contribution in [1.82, 2.24) is 20.2 Å². The molecule has 2 aromatic carbocycles. The zero-order valence-electron chi connectivity index (χ0n) is 12.1. The first-order valence-electron chi connectivity index (χ1n) is 6.79. The molecule has 9 heteroatoms. The van der Waals surface area contributed by atoms with E-state index in [0.29, 0.717) is 26.6 Å². The van der Waals surface area contributed by atoms with Gasteiger partial charge < -0.3 is 5.32 Å². The number of aromatic nitrogens is 4. The Bertz CT molecular complexity index is 876. The van der Waals surface area contributed by atoms with Gasteiger partial charge in [-0.05, 0) is 35.5 Å². The molecule has 6 nitrogen and oxygen atoms in total. The lowest BCUT2D eigenvalue weighted by molar-refractivity contribution is -0.117. The van der Waals surface area contributed by atoms with Gasteiger partial charge in [-0.1, -0.05) is 46.9 Å². The molecule has 24 heavy (non-hydrogen) atoms. The third-order valence-corrected chi connectivity index (χ3v) is 3.64. The molecule has 0 bridgehead atoms. The molecule has 122 valence electrons. The number of tetrazole rings is 1. The van der Waals surface area contributed by atoms with Crippen LogP contribution in [0.3, 0.4) is 0 Å². The van der Waals surface area contributed by atoms with Crippen LogP contribution in [0.15, 0.2) is 42.5 Å². The Morgan fingerprint density at radius 3 is 2.50 bits per heavy atom. The van der Waals surface area contributed by atoms with Crippen molar-refractivity contribution >= 4 is 46.4 Å². The first kappa shape index (κ1) is 16.7. The Kier molecular flexibility index (Phi) is 4.99. The Morgan fingerprint density at radius 1 is 1.04 bits per heavy atom. The average molecular weight is 383 g/mol. The van der Waals surface area contributed by atoms with E-state index in [-0.39, 0.29) is 12.5 Å². The highest BCUT2D eigenvalue weighted by molar-refractivity contribution is 6.35. The number of hydrogen-bond acceptors (Lipinski definition) is 4. The van der Waals surface area contributed by atoms with Crippen LogP contribution in [-0.2, 0) is 11.3 Å². The summed E-state index contributed by atoms with van der Waals surface area (Å²) in [5, 5.41) is 16.0. The molecule has 0 spiro atoms. The molecule has 0 aliphatic rings. The first-order chi connectivity index (χ1) is 11.5. The molecule has 1 heterocycles. The van der Waals surface area contributed by atoms with E-state index in [9.17, 15) is 4.79 Å². The molecule has 0 unspecified atom stereocenters. The van der Waals surface area contributed by atoms with Crippen LogP contribution in [0, 0.1) is 0 Å². The Hall–Kier alpha value is -2.15. The normalized spacial score (nSPS) is 10.6. The maximum Gasteiger partial charge on any atom is 0.248 e. The number of halogens is 3. The van der Waals surface area contributed by atoms with Gasteiger partial charge in [0.2, 0.25) is 11.7 Å². The second-order valence-electron chi connectivity index (χ2n) is 4.86. The summed E-state index contributed by atoms with van der Waals surface area (Å²) in [5.74, 6) is 0.0551. The SMILES string of the molecule is O=C(Cn1nnc(-c2cccc(Cl)c2)n1)Nc1cc(Cl)cc(Cl)c1. The van der Waals surface area contributed by atoms with Gasteiger partial charge in [-0.3, -0.25) is 4.79 Å². The summed E-state index contributed by atoms with van der Waals surface area (Å²) in [4.78, 5) is 13.2. The highest BCUT2D eigenvalue weighted by Crippen LogP contribution is 2.22. The van der Waals surface area contributed by atoms with E-state index in [1.54, 1.807) is 42.5 Å². The summed E-state index contributed by atoms with van der Waals surface area (Å²) < 4.78 is 0. The monoisotopic (exact) mass is 381 g/mol. The summed E-state index contributed by atoms with van der Waals surface area (Å²) in [6.07, 6.45) is 0. The summed E-state index contributed by atoms with van der Waals surface area (Å²) in [6.45, 7) is -0.0995. The quantitative estimate of drug-likeness (QED) is 0.742. The van der Waals surface area contributed by atoms with Crippen molar-refractivity contribution in [3.05, 3.63) is 57.5 Å². The lowest BCUT2D eigenvalue weighted by atomic mass is 10.2. The van der Waals surface area contributed by atoms with Gasteiger partial charge in [0.05, 0.1) is 0 Å². The minimum absolute atomic E-state index is 0.0995. The van der Waals surface area contributed by atoms with Gasteiger partial charge in [0.1, 0.15) is 6.54 Å². The highest BCUT2D eigenvalue weighted by Gasteiger charge is 2.10. The lowest BCUT2D eigenvalue weighted by Gasteiger charge is -2.05. The van der Waals surface area contributed by atoms with Crippen molar-refractivity contribution < 1.29 is 4.79 Å². The van der Waals surface area contributed by atoms with Crippen molar-refractivity contribution in [2.45, 2.75) is 6.54 Å². The average Bonchev–Trinajstić information content (AvgIpc) is 2.94. The third kappa shape index (κ3) is 4.23. The van der Waals surface area contributed by atoms with Gasteiger partial charge in [-0.15, -0.1) is 10.2 Å². The minimum atomic E-state index is -0.330. The predicted octanol–water partition coefficient (Wildman–Crippen LogP) is 3.94. The minimum Gasteiger partial charge on any atom is -0.324 e. The van der Waals surface area contributed by atoms with Crippen LogP contribution in [0.4, 0.5) is 5.69 Å². The maximum atomic E-state index is 12.1. The van der Waals surface area contributed by atoms with Crippen LogP contribution >= 0.6 is 34.8 Å². The second-order valence-corrected chi connectivity index (χ2v) is 6.17. The van der Waals surface area contributed by atoms with Gasteiger partial charge in [-0.25, -0.2) is 0 Å². The second kappa shape index (κ2) is 7.17. The van der Waals surface area contributed by atoms with Crippen molar-refractivity contribution in [1.29, 1.82) is 0 Å². The zero-order valence-corrected chi connectivity index (χ0v) is 14.3. The van der Waals surface area contributed by atoms with Gasteiger partial charge >= 0.3 is 0 Å². The van der Waals surface area contributed by atoms with Crippen molar-refractivity contribution in [2.24, 2.45) is 0 Å². The number of amides is 1. The van der Waals surface area contributed by atoms with Crippen LogP contribution in [0.25, 0.3) is 11.4 Å². The standard InChI is InChI=1S/C15H10Cl3N5O/c16-10-3-1-2-9(4-10)15-20-22-23(21-15)8-14(24)19-13-6-11(17)5-12(18)7-13/h1-7H,8H2,(H,19,24). The molecule has 0 fully saturated rings. The number of anilines is 1. The molecule has 0 saturated heterocycles. The van der Waals surface area contributed by atoms with E-state index in [1.807, 2.05) is 0 Å². The summed E-state index contributed by atoms with van der Waals surface area (Å²) >= 11 is 17.7. The van der Waals surface area contributed by atoms with Gasteiger partial charge in [0, 0.05) is 26.3 Å². The van der Waals surface area contributed by atoms with E-state index >= 15 is 0 Å². The van der Waals surface area contributed by atoms with E-state index in [0.717, 1.165) is 5.56 Å². The molecule has 1 amide bonds. The molecule has 0 aliphatic heterocycles. The van der Waals surface area contributed by atoms with E-state index < -0.39 is 0 Å². The molecular weight excluding hydrogens is 373 g/mol. The molecule has 0 aliphatic carbocycles. The Balaban J connectivity index is 1.69. The van der Waals surface area contributed by atoms with Crippen molar-refractivity contribution in [3.63, 3.8) is 0 Å². The van der Waals surface area contributed by atoms with Crippen LogP contribution in [-0.4, -0.2) is 26.1 Å². The topological polar surface area (TPSA) is 72.7 Å². The summed E-state index contributed by atoms with van der Waals surface area (Å²) in [5.41, 5.74) is 1.21. The number of hydrogen-bond donors (Lipinski definition) is 1. The Labute approximate surface area is 152 Å². The molecule has 0 atom stereocenters. The third-order valence-electron chi connectivity index (χ3n) is 2.97. The van der Waals surface area contributed by atoms with Crippen LogP contribution in [0.5, 0.6) is 0 Å². The van der Waals surface area contributed by atoms with E-state index in [1.165, 1.54) is 4.80 Å². The smallest absolute Gasteiger partial charge is 0.248 e. The molecule has 3 aromatic rings. The zero-order chi connectivity index (χ0) is 17.1. The molecule has 3 rings (SSSR count). The number of carbonyl (C=O) groups excluding carboxylic acids is 1. The predicted molar refractivity (Wildman–Crippen MR) is 93.4 cm³/mol. The largest absolute Gasteiger partial charge is 0.324 e. The number of rotatable bonds is 4. The molecule has 1 aromatic heterocycles. The summed E-state index contributed by atoms with van der Waals surface area (Å²) in [7, 11) is 0. The van der Waals surface area contributed by atoms with Crippen LogP contribution < -0.4 is 5.32 Å². The van der Waals surface area contributed by atoms with Gasteiger partial charge in [0.25, 0.3) is 0 Å². The van der Waals surface area contributed by atoms with Crippen LogP contribution in [0.2, 0.25) is 15.1 Å². The fourth-order valence-electron chi connectivity index (χ4n) is 2.01. The fourth-order valence-corrected chi connectivity index (χ4v) is 2.72. The first-order valence-corrected chi connectivity index (χ1v) is 7.93. The van der Waals surface area contributed by atoms with Gasteiger partial charge in [0.15, 0.2) is 0 Å². The number of benzene rings is 2. The van der Waals surface area contributed by atoms with E-state index in [2.05, 4.69) is 20.7 Å². The fraction of sp³-hybridized carbons (Fsp3) is 0.0667. The number of carbonyl (C=O) groups is 1. The molecule has 1 N–H and O–H groups in total. The molecule has 0 saturated carbocycles. The summed E-state index contributed by atoms with van der Waals surface area (Å²) in [6, 6.07) is 11.8. The Morgan fingerprint density at radius 2 is 1.79 bits per heavy atom.